The van der Waals surface area contributed by atoms with Gasteiger partial charge >= 0.3 is 0 Å². The Bertz CT molecular complexity index is 350. The lowest BCUT2D eigenvalue weighted by atomic mass is 10.0. The van der Waals surface area contributed by atoms with Crippen molar-refractivity contribution in [3.8, 4) is 0 Å². The Morgan fingerprint density at radius 1 is 1.22 bits per heavy atom. The molecule has 2 N–H and O–H groups in total. The van der Waals surface area contributed by atoms with Crippen molar-refractivity contribution in [1.82, 2.24) is 0 Å². The molecule has 0 saturated heterocycles. The molecule has 1 aromatic carbocycles. The van der Waals surface area contributed by atoms with Gasteiger partial charge in [0, 0.05) is 31.4 Å². The summed E-state index contributed by atoms with van der Waals surface area (Å²) >= 11 is 0. The Morgan fingerprint density at radius 2 is 1.89 bits per heavy atom. The van der Waals surface area contributed by atoms with E-state index in [1.54, 1.807) is 7.11 Å². The highest BCUT2D eigenvalue weighted by Crippen LogP contribution is 2.23. The average molecular weight is 250 g/mol. The SMILES string of the molecule is COCCN(c1ccccc1CC(C)N)C(C)C. The lowest BCUT2D eigenvalue weighted by molar-refractivity contribution is 0.204. The molecule has 1 aromatic rings. The van der Waals surface area contributed by atoms with Gasteiger partial charge in [-0.1, -0.05) is 18.2 Å². The number of para-hydroxylation sites is 1. The summed E-state index contributed by atoms with van der Waals surface area (Å²) in [6.45, 7) is 8.11. The van der Waals surface area contributed by atoms with E-state index in [1.807, 2.05) is 6.92 Å². The number of nitrogens with two attached hydrogens (primary N) is 1. The van der Waals surface area contributed by atoms with Gasteiger partial charge in [0.1, 0.15) is 0 Å². The summed E-state index contributed by atoms with van der Waals surface area (Å²) in [4.78, 5) is 2.38. The number of anilines is 1. The predicted molar refractivity (Wildman–Crippen MR) is 78.2 cm³/mol. The summed E-state index contributed by atoms with van der Waals surface area (Å²) < 4.78 is 5.20. The maximum Gasteiger partial charge on any atom is 0.0637 e. The standard InChI is InChI=1S/C15H26N2O/c1-12(2)17(9-10-18-4)15-8-6-5-7-14(15)11-13(3)16/h5-8,12-13H,9-11,16H2,1-4H3. The summed E-state index contributed by atoms with van der Waals surface area (Å²) in [5.41, 5.74) is 8.52. The molecule has 0 aliphatic heterocycles. The zero-order valence-electron chi connectivity index (χ0n) is 12.0. The quantitative estimate of drug-likeness (QED) is 0.808. The molecule has 3 nitrogen and oxygen atoms in total. The van der Waals surface area contributed by atoms with E-state index in [4.69, 9.17) is 10.5 Å². The van der Waals surface area contributed by atoms with E-state index in [0.29, 0.717) is 6.04 Å². The van der Waals surface area contributed by atoms with E-state index in [1.165, 1.54) is 11.3 Å². The molecule has 0 saturated carbocycles. The molecule has 1 unspecified atom stereocenters. The number of hydrogen-bond donors (Lipinski definition) is 1. The van der Waals surface area contributed by atoms with Crippen LogP contribution < -0.4 is 10.6 Å². The fraction of sp³-hybridized carbons (Fsp3) is 0.600. The van der Waals surface area contributed by atoms with Crippen LogP contribution in [0.2, 0.25) is 0 Å². The van der Waals surface area contributed by atoms with Gasteiger partial charge in [0.15, 0.2) is 0 Å². The van der Waals surface area contributed by atoms with Gasteiger partial charge in [0.25, 0.3) is 0 Å². The third kappa shape index (κ3) is 4.31. The molecule has 1 atom stereocenters. The minimum Gasteiger partial charge on any atom is -0.383 e. The maximum absolute atomic E-state index is 5.93. The second-order valence-corrected chi connectivity index (χ2v) is 5.09. The number of hydrogen-bond acceptors (Lipinski definition) is 3. The van der Waals surface area contributed by atoms with Crippen molar-refractivity contribution in [1.29, 1.82) is 0 Å². The van der Waals surface area contributed by atoms with Crippen molar-refractivity contribution in [2.45, 2.75) is 39.3 Å². The first-order valence-corrected chi connectivity index (χ1v) is 6.65. The van der Waals surface area contributed by atoms with Gasteiger partial charge < -0.3 is 15.4 Å². The van der Waals surface area contributed by atoms with Crippen LogP contribution in [-0.2, 0) is 11.2 Å². The molecule has 0 aliphatic rings. The van der Waals surface area contributed by atoms with Crippen LogP contribution in [0.1, 0.15) is 26.3 Å². The minimum absolute atomic E-state index is 0.183. The second kappa shape index (κ2) is 7.39. The molecular formula is C15H26N2O. The molecular weight excluding hydrogens is 224 g/mol. The highest BCUT2D eigenvalue weighted by Gasteiger charge is 2.14. The molecule has 0 amide bonds. The normalized spacial score (nSPS) is 12.8. The number of benzene rings is 1. The van der Waals surface area contributed by atoms with E-state index in [0.717, 1.165) is 19.6 Å². The number of rotatable bonds is 7. The van der Waals surface area contributed by atoms with Crippen LogP contribution in [0.25, 0.3) is 0 Å². The number of ether oxygens (including phenoxy) is 1. The molecule has 3 heteroatoms. The smallest absolute Gasteiger partial charge is 0.0637 e. The molecule has 0 radical (unpaired) electrons. The molecule has 18 heavy (non-hydrogen) atoms. The Hall–Kier alpha value is -1.06. The van der Waals surface area contributed by atoms with Crippen molar-refractivity contribution in [3.05, 3.63) is 29.8 Å². The van der Waals surface area contributed by atoms with Gasteiger partial charge in [0.2, 0.25) is 0 Å². The molecule has 0 aliphatic carbocycles. The first-order valence-electron chi connectivity index (χ1n) is 6.65. The maximum atomic E-state index is 5.93. The van der Waals surface area contributed by atoms with Gasteiger partial charge in [-0.15, -0.1) is 0 Å². The van der Waals surface area contributed by atoms with Gasteiger partial charge in [-0.25, -0.2) is 0 Å². The molecule has 0 spiro atoms. The van der Waals surface area contributed by atoms with E-state index in [-0.39, 0.29) is 6.04 Å². The summed E-state index contributed by atoms with van der Waals surface area (Å²) in [7, 11) is 1.74. The first-order chi connectivity index (χ1) is 8.56. The van der Waals surface area contributed by atoms with Crippen molar-refractivity contribution in [2.24, 2.45) is 5.73 Å². The van der Waals surface area contributed by atoms with Crippen LogP contribution in [0.4, 0.5) is 5.69 Å². The Morgan fingerprint density at radius 3 is 2.44 bits per heavy atom. The number of nitrogens with zero attached hydrogens (tertiary/aromatic N) is 1. The molecule has 0 bridgehead atoms. The summed E-state index contributed by atoms with van der Waals surface area (Å²) in [5, 5.41) is 0. The van der Waals surface area contributed by atoms with Crippen molar-refractivity contribution < 1.29 is 4.74 Å². The zero-order chi connectivity index (χ0) is 13.5. The van der Waals surface area contributed by atoms with Crippen LogP contribution in [-0.4, -0.2) is 32.3 Å². The molecule has 1 rings (SSSR count). The molecule has 102 valence electrons. The summed E-state index contributed by atoms with van der Waals surface area (Å²) in [6.07, 6.45) is 0.909. The van der Waals surface area contributed by atoms with Crippen LogP contribution in [0.5, 0.6) is 0 Å². The van der Waals surface area contributed by atoms with Crippen molar-refractivity contribution in [2.75, 3.05) is 25.2 Å². The third-order valence-electron chi connectivity index (χ3n) is 3.00. The Kier molecular flexibility index (Phi) is 6.16. The predicted octanol–water partition coefficient (Wildman–Crippen LogP) is 2.44. The highest BCUT2D eigenvalue weighted by atomic mass is 16.5. The summed E-state index contributed by atoms with van der Waals surface area (Å²) in [5.74, 6) is 0. The van der Waals surface area contributed by atoms with E-state index in [2.05, 4.69) is 43.0 Å². The lowest BCUT2D eigenvalue weighted by Gasteiger charge is -2.31. The fourth-order valence-corrected chi connectivity index (χ4v) is 2.16. The minimum atomic E-state index is 0.183. The topological polar surface area (TPSA) is 38.5 Å². The van der Waals surface area contributed by atoms with Gasteiger partial charge in [-0.05, 0) is 38.8 Å². The first kappa shape index (κ1) is 15.0. The Balaban J connectivity index is 2.95. The molecule has 0 fully saturated rings. The van der Waals surface area contributed by atoms with Gasteiger partial charge in [-0.3, -0.25) is 0 Å². The summed E-state index contributed by atoms with van der Waals surface area (Å²) in [6, 6.07) is 9.14. The highest BCUT2D eigenvalue weighted by molar-refractivity contribution is 5.54. The zero-order valence-corrected chi connectivity index (χ0v) is 12.0. The van der Waals surface area contributed by atoms with E-state index < -0.39 is 0 Å². The lowest BCUT2D eigenvalue weighted by Crippen LogP contribution is -2.35. The fourth-order valence-electron chi connectivity index (χ4n) is 2.16. The van der Waals surface area contributed by atoms with Crippen molar-refractivity contribution >= 4 is 5.69 Å². The van der Waals surface area contributed by atoms with Gasteiger partial charge in [0.05, 0.1) is 6.61 Å². The molecule has 0 heterocycles. The van der Waals surface area contributed by atoms with Crippen LogP contribution in [0.15, 0.2) is 24.3 Å². The Labute approximate surface area is 111 Å². The van der Waals surface area contributed by atoms with Gasteiger partial charge in [-0.2, -0.15) is 0 Å². The second-order valence-electron chi connectivity index (χ2n) is 5.09. The molecule has 0 aromatic heterocycles. The average Bonchev–Trinajstić information content (AvgIpc) is 2.30. The third-order valence-corrected chi connectivity index (χ3v) is 3.00. The van der Waals surface area contributed by atoms with Crippen LogP contribution in [0, 0.1) is 0 Å². The van der Waals surface area contributed by atoms with E-state index in [9.17, 15) is 0 Å². The largest absolute Gasteiger partial charge is 0.383 e. The van der Waals surface area contributed by atoms with Crippen LogP contribution >= 0.6 is 0 Å². The monoisotopic (exact) mass is 250 g/mol. The van der Waals surface area contributed by atoms with E-state index >= 15 is 0 Å². The number of methoxy groups -OCH3 is 1. The van der Waals surface area contributed by atoms with Crippen LogP contribution in [0.3, 0.4) is 0 Å². The van der Waals surface area contributed by atoms with Crippen molar-refractivity contribution in [3.63, 3.8) is 0 Å².